The summed E-state index contributed by atoms with van der Waals surface area (Å²) < 4.78 is 53.2. The average molecular weight is 395 g/mol. The molecule has 1 saturated heterocycles. The minimum Gasteiger partial charge on any atom is -0.368 e. The summed E-state index contributed by atoms with van der Waals surface area (Å²) >= 11 is 0. The second kappa shape index (κ2) is 8.01. The van der Waals surface area contributed by atoms with Crippen molar-refractivity contribution in [1.29, 1.82) is 0 Å². The molecule has 3 rings (SSSR count). The van der Waals surface area contributed by atoms with Gasteiger partial charge in [0, 0.05) is 31.9 Å². The molecular weight excluding hydrogens is 376 g/mol. The topological polar surface area (TPSA) is 69.7 Å². The van der Waals surface area contributed by atoms with Gasteiger partial charge in [-0.2, -0.15) is 0 Å². The third-order valence-corrected chi connectivity index (χ3v) is 5.77. The minimum atomic E-state index is -4.32. The maximum absolute atomic E-state index is 13.7. The highest BCUT2D eigenvalue weighted by Crippen LogP contribution is 2.17. The van der Waals surface area contributed by atoms with Crippen molar-refractivity contribution in [3.8, 4) is 0 Å². The number of hydrogen-bond donors (Lipinski definition) is 1. The van der Waals surface area contributed by atoms with Crippen molar-refractivity contribution in [3.05, 3.63) is 60.2 Å². The van der Waals surface area contributed by atoms with Gasteiger partial charge in [-0.1, -0.05) is 18.2 Å². The van der Waals surface area contributed by atoms with Crippen LogP contribution in [0.1, 0.15) is 0 Å². The molecule has 1 aliphatic heterocycles. The first-order valence-corrected chi connectivity index (χ1v) is 9.87. The number of hydrogen-bond acceptors (Lipinski definition) is 4. The van der Waals surface area contributed by atoms with Crippen molar-refractivity contribution in [2.75, 3.05) is 37.6 Å². The first kappa shape index (κ1) is 19.2. The number of carbonyl (C=O) groups is 1. The van der Waals surface area contributed by atoms with E-state index < -0.39 is 39.0 Å². The summed E-state index contributed by atoms with van der Waals surface area (Å²) in [5, 5.41) is 0. The van der Waals surface area contributed by atoms with Gasteiger partial charge < -0.3 is 9.80 Å². The molecule has 2 aromatic rings. The molecule has 0 radical (unpaired) electrons. The van der Waals surface area contributed by atoms with Gasteiger partial charge >= 0.3 is 0 Å². The zero-order valence-electron chi connectivity index (χ0n) is 14.4. The first-order valence-electron chi connectivity index (χ1n) is 8.39. The monoisotopic (exact) mass is 395 g/mol. The summed E-state index contributed by atoms with van der Waals surface area (Å²) in [6.45, 7) is 1.64. The number of halogens is 2. The van der Waals surface area contributed by atoms with Crippen LogP contribution < -0.4 is 9.62 Å². The number of amides is 1. The molecule has 1 amide bonds. The van der Waals surface area contributed by atoms with Crippen LogP contribution in [0, 0.1) is 11.6 Å². The summed E-state index contributed by atoms with van der Waals surface area (Å²) in [6.07, 6.45) is 0. The smallest absolute Gasteiger partial charge is 0.244 e. The van der Waals surface area contributed by atoms with Crippen LogP contribution in [0.4, 0.5) is 14.5 Å². The Morgan fingerprint density at radius 3 is 2.33 bits per heavy atom. The third-order valence-electron chi connectivity index (χ3n) is 4.35. The Hall–Kier alpha value is -2.52. The van der Waals surface area contributed by atoms with Gasteiger partial charge in [-0.15, -0.1) is 0 Å². The lowest BCUT2D eigenvalue weighted by molar-refractivity contribution is -0.130. The molecule has 0 unspecified atom stereocenters. The second-order valence-electron chi connectivity index (χ2n) is 6.10. The molecule has 0 aromatic heterocycles. The molecule has 6 nitrogen and oxygen atoms in total. The van der Waals surface area contributed by atoms with Gasteiger partial charge in [0.05, 0.1) is 6.54 Å². The van der Waals surface area contributed by atoms with E-state index in [0.29, 0.717) is 32.2 Å². The van der Waals surface area contributed by atoms with Gasteiger partial charge in [-0.3, -0.25) is 4.79 Å². The Bertz CT molecular complexity index is 915. The van der Waals surface area contributed by atoms with E-state index in [9.17, 15) is 22.0 Å². The molecule has 1 N–H and O–H groups in total. The van der Waals surface area contributed by atoms with Gasteiger partial charge in [0.25, 0.3) is 0 Å². The molecule has 1 fully saturated rings. The fourth-order valence-corrected chi connectivity index (χ4v) is 3.94. The van der Waals surface area contributed by atoms with Gasteiger partial charge in [0.2, 0.25) is 15.9 Å². The van der Waals surface area contributed by atoms with E-state index >= 15 is 0 Å². The van der Waals surface area contributed by atoms with Crippen LogP contribution >= 0.6 is 0 Å². The Balaban J connectivity index is 1.56. The lowest BCUT2D eigenvalue weighted by Crippen LogP contribution is -2.51. The summed E-state index contributed by atoms with van der Waals surface area (Å²) in [5.41, 5.74) is 1.06. The number of sulfonamides is 1. The molecule has 27 heavy (non-hydrogen) atoms. The second-order valence-corrected chi connectivity index (χ2v) is 7.84. The van der Waals surface area contributed by atoms with Crippen LogP contribution in [-0.4, -0.2) is 51.9 Å². The fourth-order valence-electron chi connectivity index (χ4n) is 2.88. The largest absolute Gasteiger partial charge is 0.368 e. The van der Waals surface area contributed by atoms with Crippen molar-refractivity contribution < 1.29 is 22.0 Å². The van der Waals surface area contributed by atoms with Crippen LogP contribution in [0.25, 0.3) is 0 Å². The molecule has 0 saturated carbocycles. The normalized spacial score (nSPS) is 15.0. The van der Waals surface area contributed by atoms with E-state index in [-0.39, 0.29) is 0 Å². The molecule has 0 bridgehead atoms. The number of piperazine rings is 1. The Morgan fingerprint density at radius 2 is 1.67 bits per heavy atom. The molecule has 1 heterocycles. The van der Waals surface area contributed by atoms with E-state index in [4.69, 9.17) is 0 Å². The maximum atomic E-state index is 13.7. The van der Waals surface area contributed by atoms with E-state index in [2.05, 4.69) is 4.90 Å². The van der Waals surface area contributed by atoms with E-state index in [1.807, 2.05) is 35.1 Å². The third kappa shape index (κ3) is 4.61. The van der Waals surface area contributed by atoms with E-state index in [0.717, 1.165) is 17.8 Å². The van der Waals surface area contributed by atoms with Crippen LogP contribution in [0.2, 0.25) is 0 Å². The van der Waals surface area contributed by atoms with Crippen LogP contribution in [0.3, 0.4) is 0 Å². The van der Waals surface area contributed by atoms with E-state index in [1.54, 1.807) is 4.90 Å². The highest BCUT2D eigenvalue weighted by molar-refractivity contribution is 7.89. The Labute approximate surface area is 156 Å². The fraction of sp³-hybridized carbons (Fsp3) is 0.278. The van der Waals surface area contributed by atoms with Gasteiger partial charge in [-0.25, -0.2) is 21.9 Å². The minimum absolute atomic E-state index is 0.414. The van der Waals surface area contributed by atoms with Crippen molar-refractivity contribution in [2.24, 2.45) is 0 Å². The van der Waals surface area contributed by atoms with Crippen molar-refractivity contribution >= 4 is 21.6 Å². The van der Waals surface area contributed by atoms with E-state index in [1.165, 1.54) is 0 Å². The quantitative estimate of drug-likeness (QED) is 0.835. The highest BCUT2D eigenvalue weighted by atomic mass is 32.2. The van der Waals surface area contributed by atoms with Crippen LogP contribution in [0.5, 0.6) is 0 Å². The summed E-state index contributed by atoms with van der Waals surface area (Å²) in [4.78, 5) is 15.1. The number of nitrogens with one attached hydrogen (secondary N) is 1. The van der Waals surface area contributed by atoms with Crippen molar-refractivity contribution in [1.82, 2.24) is 9.62 Å². The van der Waals surface area contributed by atoms with Crippen molar-refractivity contribution in [3.63, 3.8) is 0 Å². The standard InChI is InChI=1S/C18H19F2N3O3S/c19-14-6-7-16(20)17(12-14)27(25,26)21-13-18(24)23-10-8-22(9-11-23)15-4-2-1-3-5-15/h1-7,12,21H,8-11,13H2. The van der Waals surface area contributed by atoms with Gasteiger partial charge in [0.1, 0.15) is 16.5 Å². The summed E-state index contributed by atoms with van der Waals surface area (Å²) in [6, 6.07) is 11.9. The highest BCUT2D eigenvalue weighted by Gasteiger charge is 2.25. The molecule has 0 spiro atoms. The number of carbonyl (C=O) groups excluding carboxylic acids is 1. The SMILES string of the molecule is O=C(CNS(=O)(=O)c1cc(F)ccc1F)N1CCN(c2ccccc2)CC1. The molecule has 9 heteroatoms. The summed E-state index contributed by atoms with van der Waals surface area (Å²) in [7, 11) is -4.32. The van der Waals surface area contributed by atoms with Gasteiger partial charge in [0.15, 0.2) is 0 Å². The average Bonchev–Trinajstić information content (AvgIpc) is 2.69. The summed E-state index contributed by atoms with van der Waals surface area (Å²) in [5.74, 6) is -2.36. The van der Waals surface area contributed by atoms with Crippen LogP contribution in [-0.2, 0) is 14.8 Å². The molecule has 1 aliphatic rings. The number of anilines is 1. The first-order chi connectivity index (χ1) is 12.9. The predicted octanol–water partition coefficient (Wildman–Crippen LogP) is 1.59. The molecule has 144 valence electrons. The number of benzene rings is 2. The number of rotatable bonds is 5. The van der Waals surface area contributed by atoms with Gasteiger partial charge in [-0.05, 0) is 30.3 Å². The zero-order chi connectivity index (χ0) is 19.4. The van der Waals surface area contributed by atoms with Crippen LogP contribution in [0.15, 0.2) is 53.4 Å². The predicted molar refractivity (Wildman–Crippen MR) is 96.8 cm³/mol. The van der Waals surface area contributed by atoms with Crippen molar-refractivity contribution in [2.45, 2.75) is 4.90 Å². The zero-order valence-corrected chi connectivity index (χ0v) is 15.3. The Kier molecular flexibility index (Phi) is 5.71. The molecule has 2 aromatic carbocycles. The molecular formula is C18H19F2N3O3S. The lowest BCUT2D eigenvalue weighted by Gasteiger charge is -2.36. The molecule has 0 atom stereocenters. The molecule has 0 aliphatic carbocycles. The maximum Gasteiger partial charge on any atom is 0.244 e. The number of nitrogens with zero attached hydrogens (tertiary/aromatic N) is 2. The Morgan fingerprint density at radius 1 is 1.00 bits per heavy atom. The number of para-hydroxylation sites is 1. The lowest BCUT2D eigenvalue weighted by atomic mass is 10.2.